The lowest BCUT2D eigenvalue weighted by atomic mass is 10.1. The molecule has 5 nitrogen and oxygen atoms in total. The predicted octanol–water partition coefficient (Wildman–Crippen LogP) is 3.82. The number of hydrogen-bond donors (Lipinski definition) is 2. The molecular weight excluding hydrogens is 325 g/mol. The van der Waals surface area contributed by atoms with Gasteiger partial charge >= 0.3 is 6.09 Å². The molecule has 128 valence electrons. The molecule has 1 amide bonds. The Labute approximate surface area is 143 Å². The van der Waals surface area contributed by atoms with Gasteiger partial charge in [-0.25, -0.2) is 4.79 Å². The van der Waals surface area contributed by atoms with Crippen molar-refractivity contribution >= 4 is 14.5 Å². The van der Waals surface area contributed by atoms with Crippen molar-refractivity contribution in [2.45, 2.75) is 25.7 Å². The number of ether oxygens (including phenoxy) is 1. The number of hydrogen-bond acceptors (Lipinski definition) is 4. The number of benzene rings is 2. The van der Waals surface area contributed by atoms with Crippen molar-refractivity contribution in [2.75, 3.05) is 6.61 Å². The quantitative estimate of drug-likeness (QED) is 0.713. The van der Waals surface area contributed by atoms with Crippen LogP contribution in [0, 0.1) is 0 Å². The molecule has 2 atom stereocenters. The monoisotopic (exact) mass is 347 g/mol. The first-order valence-corrected chi connectivity index (χ1v) is 9.09. The number of alkyl carbamates (subject to hydrolysis) is 1. The molecule has 0 bridgehead atoms. The van der Waals surface area contributed by atoms with E-state index in [1.165, 1.54) is 0 Å². The fourth-order valence-electron chi connectivity index (χ4n) is 2.14. The van der Waals surface area contributed by atoms with Gasteiger partial charge in [-0.3, -0.25) is 0 Å². The lowest BCUT2D eigenvalue weighted by Gasteiger charge is -2.22. The third kappa shape index (κ3) is 6.28. The predicted molar refractivity (Wildman–Crippen MR) is 94.5 cm³/mol. The summed E-state index contributed by atoms with van der Waals surface area (Å²) in [7, 11) is -1.78. The molecule has 0 aliphatic carbocycles. The van der Waals surface area contributed by atoms with Gasteiger partial charge in [0.15, 0.2) is 8.38 Å². The summed E-state index contributed by atoms with van der Waals surface area (Å²) < 4.78 is 10.5. The van der Waals surface area contributed by atoms with E-state index in [1.54, 1.807) is 6.92 Å². The molecule has 0 aliphatic rings. The van der Waals surface area contributed by atoms with E-state index in [-0.39, 0.29) is 6.61 Å². The van der Waals surface area contributed by atoms with Gasteiger partial charge in [-0.15, -0.1) is 0 Å². The fourth-order valence-corrected chi connectivity index (χ4v) is 3.17. The van der Waals surface area contributed by atoms with Crippen molar-refractivity contribution in [3.8, 4) is 0 Å². The summed E-state index contributed by atoms with van der Waals surface area (Å²) in [5, 5.41) is 2.71. The SMILES string of the molecule is CCOP(O)C(Cc1ccccc1)NC(=O)OCc1ccccc1. The lowest BCUT2D eigenvalue weighted by molar-refractivity contribution is 0.137. The first-order valence-electron chi connectivity index (χ1n) is 7.81. The Balaban J connectivity index is 1.92. The molecule has 0 saturated heterocycles. The van der Waals surface area contributed by atoms with Crippen molar-refractivity contribution in [1.29, 1.82) is 0 Å². The van der Waals surface area contributed by atoms with Crippen LogP contribution < -0.4 is 5.32 Å². The van der Waals surface area contributed by atoms with Crippen LogP contribution in [0.2, 0.25) is 0 Å². The highest BCUT2D eigenvalue weighted by Gasteiger charge is 2.23. The molecule has 0 spiro atoms. The second kappa shape index (κ2) is 10.0. The largest absolute Gasteiger partial charge is 0.445 e. The highest BCUT2D eigenvalue weighted by Crippen LogP contribution is 2.37. The summed E-state index contributed by atoms with van der Waals surface area (Å²) in [4.78, 5) is 22.2. The van der Waals surface area contributed by atoms with E-state index in [4.69, 9.17) is 9.26 Å². The molecule has 2 N–H and O–H groups in total. The molecule has 0 aliphatic heterocycles. The minimum Gasteiger partial charge on any atom is -0.445 e. The van der Waals surface area contributed by atoms with Gasteiger partial charge in [0, 0.05) is 6.42 Å². The first kappa shape index (κ1) is 18.4. The normalized spacial score (nSPS) is 13.1. The molecule has 2 aromatic rings. The number of rotatable bonds is 8. The summed E-state index contributed by atoms with van der Waals surface area (Å²) >= 11 is 0. The molecule has 2 unspecified atom stereocenters. The lowest BCUT2D eigenvalue weighted by Crippen LogP contribution is -2.36. The van der Waals surface area contributed by atoms with E-state index < -0.39 is 20.3 Å². The van der Waals surface area contributed by atoms with Gasteiger partial charge < -0.3 is 19.5 Å². The molecule has 6 heteroatoms. The van der Waals surface area contributed by atoms with E-state index in [2.05, 4.69) is 5.32 Å². The van der Waals surface area contributed by atoms with Crippen LogP contribution in [0.5, 0.6) is 0 Å². The van der Waals surface area contributed by atoms with E-state index in [1.807, 2.05) is 60.7 Å². The van der Waals surface area contributed by atoms with Gasteiger partial charge in [-0.05, 0) is 18.1 Å². The average molecular weight is 347 g/mol. The third-order valence-corrected chi connectivity index (χ3v) is 4.66. The van der Waals surface area contributed by atoms with Crippen LogP contribution in [0.1, 0.15) is 18.1 Å². The van der Waals surface area contributed by atoms with Gasteiger partial charge in [-0.1, -0.05) is 60.7 Å². The van der Waals surface area contributed by atoms with E-state index in [9.17, 15) is 9.69 Å². The Hall–Kier alpha value is -1.94. The van der Waals surface area contributed by atoms with Crippen molar-refractivity contribution in [1.82, 2.24) is 5.32 Å². The summed E-state index contributed by atoms with van der Waals surface area (Å²) in [6.45, 7) is 2.37. The van der Waals surface area contributed by atoms with Gasteiger partial charge in [0.05, 0.1) is 6.61 Å². The number of amides is 1. The van der Waals surface area contributed by atoms with Crippen molar-refractivity contribution in [3.05, 3.63) is 71.8 Å². The molecule has 2 rings (SSSR count). The van der Waals surface area contributed by atoms with Gasteiger partial charge in [0.1, 0.15) is 12.4 Å². The minimum atomic E-state index is -1.78. The Morgan fingerprint density at radius 2 is 1.67 bits per heavy atom. The maximum Gasteiger partial charge on any atom is 0.408 e. The standard InChI is InChI=1S/C18H22NO4P/c1-2-23-24(21)17(13-15-9-5-3-6-10-15)19-18(20)22-14-16-11-7-4-8-12-16/h3-12,17,21H,2,13-14H2,1H3,(H,19,20). The molecule has 0 aromatic heterocycles. The molecule has 0 fully saturated rings. The number of carbonyl (C=O) groups is 1. The molecule has 0 heterocycles. The third-order valence-electron chi connectivity index (χ3n) is 3.30. The zero-order chi connectivity index (χ0) is 17.2. The zero-order valence-corrected chi connectivity index (χ0v) is 14.5. The van der Waals surface area contributed by atoms with E-state index in [0.29, 0.717) is 13.0 Å². The first-order chi connectivity index (χ1) is 11.7. The summed E-state index contributed by atoms with van der Waals surface area (Å²) in [6.07, 6.45) is -0.0928. The maximum atomic E-state index is 12.0. The molecule has 0 radical (unpaired) electrons. The minimum absolute atomic E-state index is 0.183. The molecular formula is C18H22NO4P. The molecule has 2 aromatic carbocycles. The fraction of sp³-hybridized carbons (Fsp3) is 0.278. The van der Waals surface area contributed by atoms with Crippen LogP contribution in [0.15, 0.2) is 60.7 Å². The molecule has 0 saturated carbocycles. The van der Waals surface area contributed by atoms with Crippen LogP contribution in [0.3, 0.4) is 0 Å². The zero-order valence-electron chi connectivity index (χ0n) is 13.6. The van der Waals surface area contributed by atoms with Crippen LogP contribution in [-0.2, 0) is 22.3 Å². The second-order valence-electron chi connectivity index (χ2n) is 5.13. The van der Waals surface area contributed by atoms with E-state index in [0.717, 1.165) is 11.1 Å². The Morgan fingerprint density at radius 1 is 1.08 bits per heavy atom. The summed E-state index contributed by atoms with van der Waals surface area (Å²) in [5.41, 5.74) is 1.91. The van der Waals surface area contributed by atoms with E-state index >= 15 is 0 Å². The van der Waals surface area contributed by atoms with Crippen LogP contribution in [0.25, 0.3) is 0 Å². The topological polar surface area (TPSA) is 67.8 Å². The average Bonchev–Trinajstić information content (AvgIpc) is 2.61. The van der Waals surface area contributed by atoms with Crippen LogP contribution in [0.4, 0.5) is 4.79 Å². The second-order valence-corrected chi connectivity index (χ2v) is 6.62. The Bertz CT molecular complexity index is 609. The molecule has 24 heavy (non-hydrogen) atoms. The number of nitrogens with one attached hydrogen (secondary N) is 1. The Kier molecular flexibility index (Phi) is 7.69. The van der Waals surface area contributed by atoms with Gasteiger partial charge in [0.2, 0.25) is 0 Å². The van der Waals surface area contributed by atoms with Crippen LogP contribution >= 0.6 is 8.38 Å². The smallest absolute Gasteiger partial charge is 0.408 e. The highest BCUT2D eigenvalue weighted by atomic mass is 31.2. The van der Waals surface area contributed by atoms with Crippen molar-refractivity contribution in [3.63, 3.8) is 0 Å². The van der Waals surface area contributed by atoms with Gasteiger partial charge in [-0.2, -0.15) is 0 Å². The van der Waals surface area contributed by atoms with Crippen molar-refractivity contribution < 1.29 is 18.9 Å². The van der Waals surface area contributed by atoms with Crippen molar-refractivity contribution in [2.24, 2.45) is 0 Å². The highest BCUT2D eigenvalue weighted by molar-refractivity contribution is 7.47. The van der Waals surface area contributed by atoms with Crippen LogP contribution in [-0.4, -0.2) is 23.4 Å². The van der Waals surface area contributed by atoms with Gasteiger partial charge in [0.25, 0.3) is 0 Å². The Morgan fingerprint density at radius 3 is 2.25 bits per heavy atom. The summed E-state index contributed by atoms with van der Waals surface area (Å²) in [6, 6.07) is 19.1. The maximum absolute atomic E-state index is 12.0. The summed E-state index contributed by atoms with van der Waals surface area (Å²) in [5.74, 6) is -0.523. The number of carbonyl (C=O) groups excluding carboxylic acids is 1.